The Morgan fingerprint density at radius 1 is 0.312 bits per heavy atom. The summed E-state index contributed by atoms with van der Waals surface area (Å²) in [5.41, 5.74) is 22.6. The molecule has 64 heavy (non-hydrogen) atoms. The lowest BCUT2D eigenvalue weighted by molar-refractivity contribution is 0.657. The van der Waals surface area contributed by atoms with Crippen molar-refractivity contribution in [2.45, 2.75) is 69.2 Å². The van der Waals surface area contributed by atoms with Gasteiger partial charge in [-0.1, -0.05) is 60.7 Å². The summed E-state index contributed by atoms with van der Waals surface area (Å²) < 4.78 is 13.9. The van der Waals surface area contributed by atoms with Gasteiger partial charge in [-0.05, 0) is 219 Å². The van der Waals surface area contributed by atoms with Crippen LogP contribution in [0.1, 0.15) is 55.6 Å². The molecule has 2 heterocycles. The van der Waals surface area contributed by atoms with Gasteiger partial charge in [0, 0.05) is 55.7 Å². The first-order valence-electron chi connectivity index (χ1n) is 22.4. The fourth-order valence-electron chi connectivity index (χ4n) is 9.96. The van der Waals surface area contributed by atoms with Crippen LogP contribution in [0.2, 0.25) is 0 Å². The number of nitrogens with zero attached hydrogens (tertiary/aromatic N) is 2. The molecule has 4 heteroatoms. The zero-order chi connectivity index (χ0) is 44.3. The van der Waals surface area contributed by atoms with Gasteiger partial charge in [-0.3, -0.25) is 0 Å². The Balaban J connectivity index is 1.09. The van der Waals surface area contributed by atoms with Crippen molar-refractivity contribution in [1.82, 2.24) is 0 Å². The van der Waals surface area contributed by atoms with E-state index < -0.39 is 0 Å². The summed E-state index contributed by atoms with van der Waals surface area (Å²) in [6.07, 6.45) is 0. The van der Waals surface area contributed by atoms with Crippen molar-refractivity contribution in [3.63, 3.8) is 0 Å². The summed E-state index contributed by atoms with van der Waals surface area (Å²) in [5.74, 6) is 0. The molecule has 0 aliphatic carbocycles. The molecule has 0 fully saturated rings. The molecule has 0 radical (unpaired) electrons. The van der Waals surface area contributed by atoms with Gasteiger partial charge in [0.05, 0.1) is 0 Å². The van der Waals surface area contributed by atoms with Crippen LogP contribution in [0.15, 0.2) is 142 Å². The maximum absolute atomic E-state index is 6.93. The summed E-state index contributed by atoms with van der Waals surface area (Å²) in [4.78, 5) is 4.83. The van der Waals surface area contributed by atoms with Gasteiger partial charge in [0.2, 0.25) is 0 Å². The van der Waals surface area contributed by atoms with Gasteiger partial charge >= 0.3 is 0 Å². The van der Waals surface area contributed by atoms with E-state index in [0.29, 0.717) is 0 Å². The van der Waals surface area contributed by atoms with Crippen LogP contribution in [0.5, 0.6) is 0 Å². The van der Waals surface area contributed by atoms with Crippen LogP contribution < -0.4 is 9.80 Å². The number of anilines is 6. The van der Waals surface area contributed by atoms with E-state index in [2.05, 4.69) is 212 Å². The molecule has 0 atom stereocenters. The van der Waals surface area contributed by atoms with Crippen LogP contribution in [0, 0.1) is 69.2 Å². The number of benzene rings is 9. The summed E-state index contributed by atoms with van der Waals surface area (Å²) in [7, 11) is 0. The topological polar surface area (TPSA) is 32.8 Å². The SMILES string of the molecule is Cc1ccc(C)c(N(c2ccc3cc4c(cc3c2)oc2c(C)c(C)c3oc5cc6cc(N(c7cc(C)ccc7C)c7cc(C)ccc7C)ccc6cc5c3c24)c2cc(C)ccc2C)c1. The van der Waals surface area contributed by atoms with Crippen molar-refractivity contribution in [1.29, 1.82) is 0 Å². The molecule has 9 aromatic carbocycles. The standard InChI is InChI=1S/C60H52N2O2/c1-33-11-15-37(5)51(23-33)61(52-24-34(2)12-16-38(52)6)47-21-19-43-29-49-55(31-45(43)27-47)63-59-41(9)42(10)60-58(57(49)59)50-30-44-20-22-48(28-46(44)32-56(50)64-60)62(53-25-35(3)13-17-39(53)7)54-26-36(4)14-18-40(54)8/h11-32H,1-10H3. The van der Waals surface area contributed by atoms with Gasteiger partial charge in [-0.15, -0.1) is 0 Å². The minimum Gasteiger partial charge on any atom is -0.456 e. The van der Waals surface area contributed by atoms with Crippen LogP contribution in [-0.2, 0) is 0 Å². The second-order valence-electron chi connectivity index (χ2n) is 18.5. The molecule has 4 nitrogen and oxygen atoms in total. The molecule has 314 valence electrons. The third kappa shape index (κ3) is 6.26. The van der Waals surface area contributed by atoms with Crippen molar-refractivity contribution >= 4 is 99.5 Å². The zero-order valence-electron chi connectivity index (χ0n) is 38.4. The molecule has 0 bridgehead atoms. The maximum atomic E-state index is 6.93. The quantitative estimate of drug-likeness (QED) is 0.167. The van der Waals surface area contributed by atoms with Crippen LogP contribution in [-0.4, -0.2) is 0 Å². The van der Waals surface area contributed by atoms with Crippen molar-refractivity contribution in [2.24, 2.45) is 0 Å². The zero-order valence-corrected chi connectivity index (χ0v) is 38.4. The van der Waals surface area contributed by atoms with Gasteiger partial charge < -0.3 is 18.6 Å². The Morgan fingerprint density at radius 3 is 0.969 bits per heavy atom. The molecule has 0 spiro atoms. The average Bonchev–Trinajstić information content (AvgIpc) is 3.83. The summed E-state index contributed by atoms with van der Waals surface area (Å²) >= 11 is 0. The summed E-state index contributed by atoms with van der Waals surface area (Å²) in [6, 6.07) is 49.6. The van der Waals surface area contributed by atoms with Crippen LogP contribution in [0.3, 0.4) is 0 Å². The predicted molar refractivity (Wildman–Crippen MR) is 273 cm³/mol. The number of aryl methyl sites for hydroxylation is 10. The number of hydrogen-bond donors (Lipinski definition) is 0. The molecule has 11 rings (SSSR count). The largest absolute Gasteiger partial charge is 0.456 e. The highest BCUT2D eigenvalue weighted by molar-refractivity contribution is 6.29. The lowest BCUT2D eigenvalue weighted by atomic mass is 9.96. The van der Waals surface area contributed by atoms with E-state index in [0.717, 1.165) is 87.9 Å². The van der Waals surface area contributed by atoms with Crippen molar-refractivity contribution < 1.29 is 8.83 Å². The molecule has 2 aromatic heterocycles. The first-order valence-corrected chi connectivity index (χ1v) is 22.4. The van der Waals surface area contributed by atoms with Crippen molar-refractivity contribution in [3.8, 4) is 0 Å². The monoisotopic (exact) mass is 832 g/mol. The van der Waals surface area contributed by atoms with E-state index >= 15 is 0 Å². The van der Waals surface area contributed by atoms with E-state index in [1.807, 2.05) is 0 Å². The molecular weight excluding hydrogens is 781 g/mol. The minimum absolute atomic E-state index is 0.873. The molecule has 0 saturated heterocycles. The van der Waals surface area contributed by atoms with Crippen LogP contribution in [0.25, 0.3) is 65.4 Å². The summed E-state index contributed by atoms with van der Waals surface area (Å²) in [5, 5.41) is 9.00. The van der Waals surface area contributed by atoms with Crippen LogP contribution >= 0.6 is 0 Å². The smallest absolute Gasteiger partial charge is 0.139 e. The van der Waals surface area contributed by atoms with Gasteiger partial charge in [0.15, 0.2) is 0 Å². The Hall–Kier alpha value is -7.30. The molecular formula is C60H52N2O2. The normalized spacial score (nSPS) is 11.9. The lowest BCUT2D eigenvalue weighted by Crippen LogP contribution is -2.13. The van der Waals surface area contributed by atoms with Crippen molar-refractivity contribution in [2.75, 3.05) is 9.80 Å². The fraction of sp³-hybridized carbons (Fsp3) is 0.167. The van der Waals surface area contributed by atoms with Gasteiger partial charge in [-0.25, -0.2) is 0 Å². The first kappa shape index (κ1) is 39.5. The maximum Gasteiger partial charge on any atom is 0.139 e. The average molecular weight is 833 g/mol. The van der Waals surface area contributed by atoms with Crippen molar-refractivity contribution in [3.05, 3.63) is 189 Å². The number of rotatable bonds is 6. The van der Waals surface area contributed by atoms with Gasteiger partial charge in [-0.2, -0.15) is 0 Å². The van der Waals surface area contributed by atoms with Gasteiger partial charge in [0.1, 0.15) is 22.3 Å². The molecule has 0 saturated carbocycles. The van der Waals surface area contributed by atoms with E-state index in [1.54, 1.807) is 0 Å². The second kappa shape index (κ2) is 14.6. The second-order valence-corrected chi connectivity index (χ2v) is 18.5. The first-order chi connectivity index (χ1) is 30.8. The summed E-state index contributed by atoms with van der Waals surface area (Å²) in [6.45, 7) is 21.8. The molecule has 11 aromatic rings. The lowest BCUT2D eigenvalue weighted by Gasteiger charge is -2.29. The van der Waals surface area contributed by atoms with Crippen LogP contribution in [0.4, 0.5) is 34.1 Å². The van der Waals surface area contributed by atoms with Gasteiger partial charge in [0.25, 0.3) is 0 Å². The van der Waals surface area contributed by atoms with E-state index in [4.69, 9.17) is 8.83 Å². The highest BCUT2D eigenvalue weighted by Crippen LogP contribution is 2.47. The fourth-order valence-corrected chi connectivity index (χ4v) is 9.96. The highest BCUT2D eigenvalue weighted by atomic mass is 16.3. The van der Waals surface area contributed by atoms with E-state index in [1.165, 1.54) is 67.3 Å². The third-order valence-corrected chi connectivity index (χ3v) is 13.7. The minimum atomic E-state index is 0.873. The molecule has 0 unspecified atom stereocenters. The third-order valence-electron chi connectivity index (χ3n) is 13.7. The molecule has 0 N–H and O–H groups in total. The Labute approximate surface area is 375 Å². The molecule has 0 amide bonds. The number of furan rings is 2. The molecule has 0 aliphatic heterocycles. The van der Waals surface area contributed by atoms with E-state index in [-0.39, 0.29) is 0 Å². The number of hydrogen-bond acceptors (Lipinski definition) is 4. The van der Waals surface area contributed by atoms with E-state index in [9.17, 15) is 0 Å². The number of fused-ring (bicyclic) bond motifs is 9. The Kier molecular flexibility index (Phi) is 9.04. The highest BCUT2D eigenvalue weighted by Gasteiger charge is 2.24. The molecule has 0 aliphatic rings. The predicted octanol–water partition coefficient (Wildman–Crippen LogP) is 17.8. The Morgan fingerprint density at radius 2 is 0.641 bits per heavy atom. The Bertz CT molecular complexity index is 3400.